The van der Waals surface area contributed by atoms with Crippen LogP contribution < -0.4 is 19.5 Å². The van der Waals surface area contributed by atoms with Gasteiger partial charge in [-0.1, -0.05) is 12.1 Å². The normalized spacial score (nSPS) is 12.8. The first kappa shape index (κ1) is 28.9. The first-order chi connectivity index (χ1) is 18.8. The van der Waals surface area contributed by atoms with Crippen molar-refractivity contribution in [2.75, 3.05) is 25.6 Å². The Bertz CT molecular complexity index is 1500. The van der Waals surface area contributed by atoms with Gasteiger partial charge in [-0.05, 0) is 39.8 Å². The highest BCUT2D eigenvalue weighted by Crippen LogP contribution is 2.42. The predicted octanol–water partition coefficient (Wildman–Crippen LogP) is 5.31. The summed E-state index contributed by atoms with van der Waals surface area (Å²) in [6.45, 7) is 5.67. The van der Waals surface area contributed by atoms with Crippen LogP contribution in [-0.4, -0.2) is 50.8 Å². The fourth-order valence-corrected chi connectivity index (χ4v) is 4.16. The van der Waals surface area contributed by atoms with Crippen molar-refractivity contribution in [1.82, 2.24) is 19.7 Å². The van der Waals surface area contributed by atoms with Crippen LogP contribution in [0.25, 0.3) is 10.9 Å². The second-order valence-electron chi connectivity index (χ2n) is 9.89. The fraction of sp³-hybridized carbons (Fsp3) is 0.393. The van der Waals surface area contributed by atoms with Gasteiger partial charge in [0.25, 0.3) is 0 Å². The number of aromatic nitrogens is 4. The average Bonchev–Trinajstić information content (AvgIpc) is 3.30. The Hall–Kier alpha value is -4.06. The minimum Gasteiger partial charge on any atom is -0.493 e. The van der Waals surface area contributed by atoms with E-state index >= 15 is 4.39 Å². The van der Waals surface area contributed by atoms with Gasteiger partial charge in [-0.15, -0.1) is 0 Å². The van der Waals surface area contributed by atoms with E-state index in [4.69, 9.17) is 14.2 Å². The highest BCUT2D eigenvalue weighted by molar-refractivity contribution is 5.92. The molecule has 0 aliphatic rings. The first-order valence-electron chi connectivity index (χ1n) is 12.6. The van der Waals surface area contributed by atoms with Crippen LogP contribution in [0.1, 0.15) is 43.8 Å². The molecule has 2 aromatic heterocycles. The van der Waals surface area contributed by atoms with Crippen LogP contribution in [0.5, 0.6) is 17.2 Å². The summed E-state index contributed by atoms with van der Waals surface area (Å²) in [5, 5.41) is 17.7. The number of halogens is 3. The van der Waals surface area contributed by atoms with Crippen LogP contribution in [0.15, 0.2) is 42.7 Å². The number of rotatable bonds is 11. The van der Waals surface area contributed by atoms with Crippen molar-refractivity contribution in [3.63, 3.8) is 0 Å². The molecule has 0 unspecified atom stereocenters. The molecule has 2 aromatic carbocycles. The Morgan fingerprint density at radius 1 is 1.10 bits per heavy atom. The molecule has 0 bridgehead atoms. The maximum absolute atomic E-state index is 15.4. The molecule has 4 aromatic rings. The largest absolute Gasteiger partial charge is 0.493 e. The zero-order chi connectivity index (χ0) is 29.2. The third-order valence-corrected chi connectivity index (χ3v) is 6.34. The lowest BCUT2D eigenvalue weighted by molar-refractivity contribution is -0.170. The Morgan fingerprint density at radius 2 is 1.82 bits per heavy atom. The van der Waals surface area contributed by atoms with Gasteiger partial charge in [0.05, 0.1) is 36.6 Å². The van der Waals surface area contributed by atoms with E-state index < -0.39 is 28.9 Å². The molecule has 214 valence electrons. The molecule has 0 aliphatic heterocycles. The standard InChI is InChI=1S/C28H32F3N5O4/c1-16(19-8-7-9-21(25(19)29)28(30,31)27(3,4)37)33-26-20-12-24(23(38-6)13-22(20)34-17(2)35-26)40-11-10-39-18-14-32-36(5)15-18/h7-9,12-16,37H,10-11H2,1-6H3,(H,33,34,35)/t16-/m1/s1. The number of nitrogens with zero attached hydrogens (tertiary/aromatic N) is 4. The molecule has 0 saturated carbocycles. The zero-order valence-electron chi connectivity index (χ0n) is 23.1. The van der Waals surface area contributed by atoms with Crippen LogP contribution in [0, 0.1) is 12.7 Å². The zero-order valence-corrected chi connectivity index (χ0v) is 23.1. The summed E-state index contributed by atoms with van der Waals surface area (Å²) in [4.78, 5) is 8.95. The Kier molecular flexibility index (Phi) is 8.10. The summed E-state index contributed by atoms with van der Waals surface area (Å²) in [6, 6.07) is 6.34. The number of fused-ring (bicyclic) bond motifs is 1. The molecule has 2 N–H and O–H groups in total. The number of anilines is 1. The number of hydrogen-bond acceptors (Lipinski definition) is 8. The third kappa shape index (κ3) is 5.91. The lowest BCUT2D eigenvalue weighted by atomic mass is 9.91. The average molecular weight is 560 g/mol. The molecule has 0 saturated heterocycles. The highest BCUT2D eigenvalue weighted by atomic mass is 19.3. The number of alkyl halides is 2. The Balaban J connectivity index is 1.62. The van der Waals surface area contributed by atoms with Crippen LogP contribution in [-0.2, 0) is 13.0 Å². The number of methoxy groups -OCH3 is 1. The highest BCUT2D eigenvalue weighted by Gasteiger charge is 2.49. The Labute approximate surface area is 229 Å². The smallest absolute Gasteiger partial charge is 0.303 e. The summed E-state index contributed by atoms with van der Waals surface area (Å²) in [5.74, 6) is -2.67. The number of aliphatic hydroxyl groups is 1. The second kappa shape index (κ2) is 11.2. The molecule has 0 amide bonds. The van der Waals surface area contributed by atoms with Crippen molar-refractivity contribution in [2.24, 2.45) is 7.05 Å². The van der Waals surface area contributed by atoms with Gasteiger partial charge in [-0.2, -0.15) is 13.9 Å². The molecular weight excluding hydrogens is 527 g/mol. The summed E-state index contributed by atoms with van der Waals surface area (Å²) in [7, 11) is 3.30. The van der Waals surface area contributed by atoms with Gasteiger partial charge in [-0.25, -0.2) is 14.4 Å². The van der Waals surface area contributed by atoms with Gasteiger partial charge in [0.1, 0.15) is 36.3 Å². The van der Waals surface area contributed by atoms with Gasteiger partial charge in [0, 0.05) is 24.1 Å². The van der Waals surface area contributed by atoms with E-state index in [9.17, 15) is 13.9 Å². The second-order valence-corrected chi connectivity index (χ2v) is 9.89. The number of ether oxygens (including phenoxy) is 3. The molecule has 0 fully saturated rings. The van der Waals surface area contributed by atoms with Crippen molar-refractivity contribution in [1.29, 1.82) is 0 Å². The fourth-order valence-electron chi connectivity index (χ4n) is 4.16. The van der Waals surface area contributed by atoms with Gasteiger partial charge in [0.2, 0.25) is 0 Å². The molecular formula is C28H32F3N5O4. The monoisotopic (exact) mass is 559 g/mol. The van der Waals surface area contributed by atoms with Crippen LogP contribution >= 0.6 is 0 Å². The SMILES string of the molecule is COc1cc2nc(C)nc(N[C@H](C)c3cccc(C(F)(F)C(C)(C)O)c3F)c2cc1OCCOc1cnn(C)c1. The summed E-state index contributed by atoms with van der Waals surface area (Å²) in [5.41, 5.74) is -2.81. The molecule has 4 rings (SSSR count). The van der Waals surface area contributed by atoms with Crippen LogP contribution in [0.3, 0.4) is 0 Å². The topological polar surface area (TPSA) is 104 Å². The molecule has 0 radical (unpaired) electrons. The number of benzene rings is 2. The number of hydrogen-bond donors (Lipinski definition) is 2. The minimum absolute atomic E-state index is 0.0108. The lowest BCUT2D eigenvalue weighted by Gasteiger charge is -2.30. The first-order valence-corrected chi connectivity index (χ1v) is 12.6. The van der Waals surface area contributed by atoms with E-state index in [1.807, 2.05) is 0 Å². The molecule has 12 heteroatoms. The van der Waals surface area contributed by atoms with Crippen molar-refractivity contribution in [3.8, 4) is 17.2 Å². The van der Waals surface area contributed by atoms with E-state index in [1.54, 1.807) is 50.1 Å². The van der Waals surface area contributed by atoms with E-state index in [0.29, 0.717) is 39.8 Å². The maximum Gasteiger partial charge on any atom is 0.303 e. The third-order valence-electron chi connectivity index (χ3n) is 6.34. The van der Waals surface area contributed by atoms with E-state index in [0.717, 1.165) is 19.9 Å². The van der Waals surface area contributed by atoms with Crippen molar-refractivity contribution in [3.05, 3.63) is 65.5 Å². The molecule has 0 aliphatic carbocycles. The van der Waals surface area contributed by atoms with Gasteiger partial charge >= 0.3 is 5.92 Å². The van der Waals surface area contributed by atoms with E-state index in [-0.39, 0.29) is 18.8 Å². The number of nitrogens with one attached hydrogen (secondary N) is 1. The van der Waals surface area contributed by atoms with Crippen molar-refractivity contribution < 1.29 is 32.5 Å². The van der Waals surface area contributed by atoms with Gasteiger partial charge < -0.3 is 24.6 Å². The molecule has 9 nitrogen and oxygen atoms in total. The van der Waals surface area contributed by atoms with E-state index in [2.05, 4.69) is 20.4 Å². The summed E-state index contributed by atoms with van der Waals surface area (Å²) in [6.07, 6.45) is 3.33. The predicted molar refractivity (Wildman–Crippen MR) is 144 cm³/mol. The number of aryl methyl sites for hydroxylation is 2. The van der Waals surface area contributed by atoms with Crippen LogP contribution in [0.4, 0.5) is 19.0 Å². The maximum atomic E-state index is 15.4. The quantitative estimate of drug-likeness (QED) is 0.238. The molecule has 40 heavy (non-hydrogen) atoms. The van der Waals surface area contributed by atoms with Crippen molar-refractivity contribution >= 4 is 16.7 Å². The van der Waals surface area contributed by atoms with Gasteiger partial charge in [-0.3, -0.25) is 4.68 Å². The summed E-state index contributed by atoms with van der Waals surface area (Å²) < 4.78 is 63.7. The lowest BCUT2D eigenvalue weighted by Crippen LogP contribution is -2.41. The van der Waals surface area contributed by atoms with Crippen LogP contribution in [0.2, 0.25) is 0 Å². The molecule has 0 spiro atoms. The minimum atomic E-state index is -3.81. The van der Waals surface area contributed by atoms with Gasteiger partial charge in [0.15, 0.2) is 17.2 Å². The summed E-state index contributed by atoms with van der Waals surface area (Å²) >= 11 is 0. The Morgan fingerprint density at radius 3 is 2.48 bits per heavy atom. The molecule has 2 heterocycles. The van der Waals surface area contributed by atoms with Crippen molar-refractivity contribution in [2.45, 2.75) is 45.3 Å². The molecule has 1 atom stereocenters. The van der Waals surface area contributed by atoms with E-state index in [1.165, 1.54) is 19.2 Å².